The van der Waals surface area contributed by atoms with Crippen LogP contribution in [0.3, 0.4) is 0 Å². The molecular formula is C15H7BrF5O2S-. The summed E-state index contributed by atoms with van der Waals surface area (Å²) in [6, 6.07) is 4.74. The van der Waals surface area contributed by atoms with E-state index >= 15 is 0 Å². The molecule has 2 rings (SSSR count). The van der Waals surface area contributed by atoms with E-state index in [0.29, 0.717) is 16.6 Å². The van der Waals surface area contributed by atoms with Crippen molar-refractivity contribution in [3.63, 3.8) is 0 Å². The second-order valence-electron chi connectivity index (χ2n) is 4.60. The largest absolute Gasteiger partial charge is 0.772 e. The van der Waals surface area contributed by atoms with E-state index < -0.39 is 57.1 Å². The van der Waals surface area contributed by atoms with Crippen LogP contribution in [0.2, 0.25) is 0 Å². The van der Waals surface area contributed by atoms with Gasteiger partial charge in [0.2, 0.25) is 0 Å². The predicted octanol–water partition coefficient (Wildman–Crippen LogP) is 5.01. The smallest absolute Gasteiger partial charge is 0.195 e. The summed E-state index contributed by atoms with van der Waals surface area (Å²) < 4.78 is 90.3. The first-order valence-electron chi connectivity index (χ1n) is 6.26. The van der Waals surface area contributed by atoms with Crippen LogP contribution >= 0.6 is 15.9 Å². The highest BCUT2D eigenvalue weighted by molar-refractivity contribution is 9.10. The Morgan fingerprint density at radius 1 is 1.00 bits per heavy atom. The molecule has 0 N–H and O–H groups in total. The molecule has 9 heteroatoms. The molecule has 1 unspecified atom stereocenters. The Kier molecular flexibility index (Phi) is 5.89. The molecule has 0 spiro atoms. The van der Waals surface area contributed by atoms with Crippen LogP contribution in [-0.4, -0.2) is 8.76 Å². The van der Waals surface area contributed by atoms with Crippen molar-refractivity contribution < 1.29 is 30.7 Å². The maximum Gasteiger partial charge on any atom is 0.195 e. The molecule has 0 bridgehead atoms. The Morgan fingerprint density at radius 2 is 1.62 bits per heavy atom. The molecule has 0 radical (unpaired) electrons. The van der Waals surface area contributed by atoms with Gasteiger partial charge in [-0.05, 0) is 29.8 Å². The molecular weight excluding hydrogens is 419 g/mol. The predicted molar refractivity (Wildman–Crippen MR) is 82.1 cm³/mol. The van der Waals surface area contributed by atoms with E-state index in [9.17, 15) is 30.7 Å². The average molecular weight is 426 g/mol. The van der Waals surface area contributed by atoms with Gasteiger partial charge in [0, 0.05) is 15.8 Å². The molecule has 0 fully saturated rings. The Hall–Kier alpha value is -1.58. The molecule has 0 aromatic heterocycles. The van der Waals surface area contributed by atoms with E-state index in [0.717, 1.165) is 6.07 Å². The second kappa shape index (κ2) is 7.54. The van der Waals surface area contributed by atoms with Crippen LogP contribution < -0.4 is 0 Å². The molecule has 0 aliphatic rings. The quantitative estimate of drug-likeness (QED) is 0.299. The van der Waals surface area contributed by atoms with Crippen molar-refractivity contribution >= 4 is 38.7 Å². The zero-order valence-corrected chi connectivity index (χ0v) is 14.0. The molecule has 2 aromatic carbocycles. The summed E-state index contributed by atoms with van der Waals surface area (Å²) in [4.78, 5) is 0. The summed E-state index contributed by atoms with van der Waals surface area (Å²) in [5, 5.41) is 0. The van der Waals surface area contributed by atoms with Gasteiger partial charge in [-0.1, -0.05) is 33.1 Å². The first kappa shape index (κ1) is 18.8. The highest BCUT2D eigenvalue weighted by Gasteiger charge is 2.21. The van der Waals surface area contributed by atoms with Gasteiger partial charge in [-0.15, -0.1) is 0 Å². The minimum atomic E-state index is -2.58. The topological polar surface area (TPSA) is 40.1 Å². The van der Waals surface area contributed by atoms with Gasteiger partial charge in [-0.3, -0.25) is 4.21 Å². The van der Waals surface area contributed by atoms with E-state index in [1.165, 1.54) is 12.1 Å². The molecule has 0 amide bonds. The van der Waals surface area contributed by atoms with Gasteiger partial charge in [-0.2, -0.15) is 0 Å². The second-order valence-corrected chi connectivity index (χ2v) is 6.41. The third-order valence-electron chi connectivity index (χ3n) is 3.05. The number of hydrogen-bond acceptors (Lipinski definition) is 2. The van der Waals surface area contributed by atoms with Crippen molar-refractivity contribution in [2.24, 2.45) is 0 Å². The zero-order chi connectivity index (χ0) is 18.0. The van der Waals surface area contributed by atoms with E-state index in [4.69, 9.17) is 0 Å². The lowest BCUT2D eigenvalue weighted by molar-refractivity contribution is 0.444. The maximum absolute atomic E-state index is 14.4. The van der Waals surface area contributed by atoms with E-state index in [1.54, 1.807) is 0 Å². The molecule has 0 heterocycles. The molecule has 24 heavy (non-hydrogen) atoms. The van der Waals surface area contributed by atoms with Gasteiger partial charge in [0.05, 0.1) is 5.56 Å². The Bertz CT molecular complexity index is 854. The minimum Gasteiger partial charge on any atom is -0.772 e. The molecule has 128 valence electrons. The molecule has 0 aliphatic heterocycles. The van der Waals surface area contributed by atoms with Gasteiger partial charge in [0.15, 0.2) is 29.1 Å². The van der Waals surface area contributed by atoms with E-state index in [2.05, 4.69) is 15.9 Å². The highest BCUT2D eigenvalue weighted by Crippen LogP contribution is 2.34. The van der Waals surface area contributed by atoms with Crippen molar-refractivity contribution in [2.45, 2.75) is 5.75 Å². The van der Waals surface area contributed by atoms with Gasteiger partial charge in [0.1, 0.15) is 0 Å². The van der Waals surface area contributed by atoms with Gasteiger partial charge < -0.3 is 4.55 Å². The van der Waals surface area contributed by atoms with E-state index in [-0.39, 0.29) is 5.56 Å². The Balaban J connectivity index is 2.63. The third kappa shape index (κ3) is 3.90. The lowest BCUT2D eigenvalue weighted by Gasteiger charge is -2.12. The van der Waals surface area contributed by atoms with Crippen LogP contribution in [0.25, 0.3) is 11.7 Å². The van der Waals surface area contributed by atoms with Crippen LogP contribution in [0.5, 0.6) is 0 Å². The van der Waals surface area contributed by atoms with Crippen molar-refractivity contribution in [1.82, 2.24) is 0 Å². The molecule has 2 aromatic rings. The molecule has 0 saturated carbocycles. The zero-order valence-electron chi connectivity index (χ0n) is 11.6. The summed E-state index contributed by atoms with van der Waals surface area (Å²) in [6.45, 7) is 0. The van der Waals surface area contributed by atoms with Gasteiger partial charge >= 0.3 is 0 Å². The lowest BCUT2D eigenvalue weighted by atomic mass is 10.0. The van der Waals surface area contributed by atoms with Crippen LogP contribution in [0.15, 0.2) is 34.8 Å². The van der Waals surface area contributed by atoms with Gasteiger partial charge in [-0.25, -0.2) is 22.0 Å². The molecule has 0 saturated heterocycles. The van der Waals surface area contributed by atoms with Crippen molar-refractivity contribution in [2.75, 3.05) is 0 Å². The van der Waals surface area contributed by atoms with Crippen LogP contribution in [0, 0.1) is 17.5 Å². The standard InChI is InChI=1S/C15H8BrF5O2S/c16-8-2-1-7(6-24(22)23)10(5-8)14(20)12(18)9-3-4-11(17)15(21)13(9)19/h1-5H,6H2,(H,22,23)/p-1. The summed E-state index contributed by atoms with van der Waals surface area (Å²) >= 11 is 0.443. The number of benzene rings is 2. The van der Waals surface area contributed by atoms with Crippen LogP contribution in [-0.2, 0) is 16.8 Å². The summed E-state index contributed by atoms with van der Waals surface area (Å²) in [6.07, 6.45) is 0. The first-order valence-corrected chi connectivity index (χ1v) is 8.30. The SMILES string of the molecule is O=S([O-])Cc1ccc(Br)cc1C(F)=C(F)c1ccc(F)c(F)c1F. The Morgan fingerprint density at radius 3 is 2.25 bits per heavy atom. The summed E-state index contributed by atoms with van der Waals surface area (Å²) in [5.74, 6) is -9.35. The average Bonchev–Trinajstić information content (AvgIpc) is 2.53. The number of hydrogen-bond donors (Lipinski definition) is 0. The number of rotatable bonds is 4. The monoisotopic (exact) mass is 425 g/mol. The van der Waals surface area contributed by atoms with Gasteiger partial charge in [0.25, 0.3) is 0 Å². The fourth-order valence-corrected chi connectivity index (χ4v) is 2.80. The first-order chi connectivity index (χ1) is 11.2. The molecule has 1 atom stereocenters. The fourth-order valence-electron chi connectivity index (χ4n) is 1.94. The van der Waals surface area contributed by atoms with Crippen molar-refractivity contribution in [3.05, 3.63) is 68.9 Å². The summed E-state index contributed by atoms with van der Waals surface area (Å²) in [5.41, 5.74) is -1.64. The molecule has 2 nitrogen and oxygen atoms in total. The Labute approximate surface area is 144 Å². The van der Waals surface area contributed by atoms with Crippen molar-refractivity contribution in [1.29, 1.82) is 0 Å². The van der Waals surface area contributed by atoms with E-state index in [1.807, 2.05) is 0 Å². The fraction of sp³-hybridized carbons (Fsp3) is 0.0667. The third-order valence-corrected chi connectivity index (χ3v) is 4.09. The van der Waals surface area contributed by atoms with Crippen LogP contribution in [0.4, 0.5) is 22.0 Å². The molecule has 0 aliphatic carbocycles. The van der Waals surface area contributed by atoms with Crippen molar-refractivity contribution in [3.8, 4) is 0 Å². The number of halogens is 6. The summed E-state index contributed by atoms with van der Waals surface area (Å²) in [7, 11) is 0. The van der Waals surface area contributed by atoms with Crippen LogP contribution in [0.1, 0.15) is 16.7 Å². The highest BCUT2D eigenvalue weighted by atomic mass is 79.9. The lowest BCUT2D eigenvalue weighted by Crippen LogP contribution is -2.00. The maximum atomic E-state index is 14.4. The minimum absolute atomic E-state index is 0.0813. The normalized spacial score (nSPS) is 13.6.